The Labute approximate surface area is 107 Å². The van der Waals surface area contributed by atoms with E-state index in [0.29, 0.717) is 12.0 Å². The zero-order valence-electron chi connectivity index (χ0n) is 10.5. The van der Waals surface area contributed by atoms with Gasteiger partial charge in [-0.05, 0) is 6.42 Å². The number of rotatable bonds is 5. The highest BCUT2D eigenvalue weighted by molar-refractivity contribution is 5.20. The molecule has 5 nitrogen and oxygen atoms in total. The minimum atomic E-state index is -1.86. The van der Waals surface area contributed by atoms with Gasteiger partial charge in [0.05, 0.1) is 13.2 Å². The van der Waals surface area contributed by atoms with Gasteiger partial charge < -0.3 is 25.5 Å². The average molecular weight is 258 g/mol. The summed E-state index contributed by atoms with van der Waals surface area (Å²) in [6.45, 7) is 1.40. The van der Waals surface area contributed by atoms with Crippen molar-refractivity contribution in [2.24, 2.45) is 5.92 Å². The first-order valence-electron chi connectivity index (χ1n) is 5.83. The van der Waals surface area contributed by atoms with Crippen LogP contribution in [0, 0.1) is 5.92 Å². The highest BCUT2D eigenvalue weighted by Crippen LogP contribution is 2.28. The minimum Gasteiger partial charge on any atom is -0.396 e. The Morgan fingerprint density at radius 3 is 1.83 bits per heavy atom. The largest absolute Gasteiger partial charge is 0.396 e. The first-order valence-corrected chi connectivity index (χ1v) is 5.83. The zero-order chi connectivity index (χ0) is 14.0. The second kappa shape index (κ2) is 9.02. The van der Waals surface area contributed by atoms with Gasteiger partial charge in [-0.2, -0.15) is 0 Å². The molecule has 0 saturated heterocycles. The quantitative estimate of drug-likeness (QED) is 0.471. The molecule has 1 aromatic carbocycles. The van der Waals surface area contributed by atoms with E-state index in [1.165, 1.54) is 0 Å². The van der Waals surface area contributed by atoms with Crippen LogP contribution >= 0.6 is 0 Å². The molecule has 0 heterocycles. The molecule has 0 fully saturated rings. The van der Waals surface area contributed by atoms with Crippen molar-refractivity contribution in [3.63, 3.8) is 0 Å². The molecule has 0 amide bonds. The van der Waals surface area contributed by atoms with E-state index in [4.69, 9.17) is 15.3 Å². The van der Waals surface area contributed by atoms with E-state index in [-0.39, 0.29) is 19.8 Å². The van der Waals surface area contributed by atoms with Gasteiger partial charge in [-0.3, -0.25) is 0 Å². The summed E-state index contributed by atoms with van der Waals surface area (Å²) in [5, 5.41) is 43.6. The summed E-state index contributed by atoms with van der Waals surface area (Å²) < 4.78 is 0. The van der Waals surface area contributed by atoms with Crippen molar-refractivity contribution in [1.29, 1.82) is 0 Å². The van der Waals surface area contributed by atoms with Crippen molar-refractivity contribution in [1.82, 2.24) is 0 Å². The monoisotopic (exact) mass is 258 g/mol. The molecule has 5 heteroatoms. The maximum Gasteiger partial charge on any atom is 0.192 e. The van der Waals surface area contributed by atoms with Crippen molar-refractivity contribution in [3.8, 4) is 0 Å². The smallest absolute Gasteiger partial charge is 0.192 e. The molecule has 1 aromatic rings. The lowest BCUT2D eigenvalue weighted by atomic mass is 9.91. The van der Waals surface area contributed by atoms with Crippen molar-refractivity contribution < 1.29 is 25.5 Å². The number of hydrogen-bond donors (Lipinski definition) is 5. The third-order valence-corrected chi connectivity index (χ3v) is 2.55. The highest BCUT2D eigenvalue weighted by Gasteiger charge is 2.32. The maximum absolute atomic E-state index is 9.83. The second-order valence-corrected chi connectivity index (χ2v) is 3.95. The lowest BCUT2D eigenvalue weighted by molar-refractivity contribution is -0.208. The van der Waals surface area contributed by atoms with Crippen LogP contribution in [0.1, 0.15) is 18.9 Å². The van der Waals surface area contributed by atoms with Gasteiger partial charge in [-0.1, -0.05) is 37.3 Å². The summed E-state index contributed by atoms with van der Waals surface area (Å²) in [6, 6.07) is 8.64. The molecule has 0 saturated carbocycles. The van der Waals surface area contributed by atoms with Crippen LogP contribution in [0.5, 0.6) is 0 Å². The molecular weight excluding hydrogens is 236 g/mol. The summed E-state index contributed by atoms with van der Waals surface area (Å²) in [4.78, 5) is 0. The van der Waals surface area contributed by atoms with Crippen LogP contribution in [-0.4, -0.2) is 45.4 Å². The van der Waals surface area contributed by atoms with Crippen LogP contribution in [0.4, 0.5) is 0 Å². The van der Waals surface area contributed by atoms with Crippen molar-refractivity contribution >= 4 is 0 Å². The minimum absolute atomic E-state index is 0.0448. The third-order valence-electron chi connectivity index (χ3n) is 2.55. The van der Waals surface area contributed by atoms with E-state index >= 15 is 0 Å². The van der Waals surface area contributed by atoms with Crippen LogP contribution in [-0.2, 0) is 5.79 Å². The third kappa shape index (κ3) is 5.57. The molecule has 0 spiro atoms. The van der Waals surface area contributed by atoms with Gasteiger partial charge in [0.25, 0.3) is 0 Å². The predicted molar refractivity (Wildman–Crippen MR) is 67.6 cm³/mol. The van der Waals surface area contributed by atoms with Crippen LogP contribution in [0.25, 0.3) is 0 Å². The van der Waals surface area contributed by atoms with Crippen molar-refractivity contribution in [3.05, 3.63) is 35.9 Å². The van der Waals surface area contributed by atoms with Crippen molar-refractivity contribution in [2.45, 2.75) is 19.1 Å². The predicted octanol–water partition coefficient (Wildman–Crippen LogP) is -0.186. The van der Waals surface area contributed by atoms with Gasteiger partial charge in [-0.25, -0.2) is 0 Å². The van der Waals surface area contributed by atoms with E-state index in [2.05, 4.69) is 0 Å². The number of benzene rings is 1. The molecule has 1 unspecified atom stereocenters. The van der Waals surface area contributed by atoms with E-state index < -0.39 is 11.7 Å². The molecule has 5 N–H and O–H groups in total. The summed E-state index contributed by atoms with van der Waals surface area (Å²) in [5.41, 5.74) is 0.459. The molecule has 1 rings (SSSR count). The van der Waals surface area contributed by atoms with E-state index in [0.717, 1.165) is 0 Å². The number of hydrogen-bond acceptors (Lipinski definition) is 5. The summed E-state index contributed by atoms with van der Waals surface area (Å²) >= 11 is 0. The second-order valence-electron chi connectivity index (χ2n) is 3.95. The van der Waals surface area contributed by atoms with Gasteiger partial charge in [0.2, 0.25) is 0 Å². The zero-order valence-corrected chi connectivity index (χ0v) is 10.5. The topological polar surface area (TPSA) is 101 Å². The first-order chi connectivity index (χ1) is 8.50. The Hall–Kier alpha value is -0.980. The van der Waals surface area contributed by atoms with Crippen LogP contribution in [0.15, 0.2) is 30.3 Å². The molecule has 0 aliphatic rings. The van der Waals surface area contributed by atoms with Gasteiger partial charge in [0.15, 0.2) is 5.79 Å². The molecule has 0 aliphatic heterocycles. The van der Waals surface area contributed by atoms with Crippen LogP contribution < -0.4 is 0 Å². The first kappa shape index (κ1) is 17.0. The van der Waals surface area contributed by atoms with Crippen LogP contribution in [0.2, 0.25) is 0 Å². The SMILES string of the molecule is CC(CCO)C(O)(O)c1ccccc1.OCCO. The molecule has 18 heavy (non-hydrogen) atoms. The molecule has 0 radical (unpaired) electrons. The highest BCUT2D eigenvalue weighted by atomic mass is 16.5. The van der Waals surface area contributed by atoms with Crippen molar-refractivity contribution in [2.75, 3.05) is 19.8 Å². The molecule has 0 aromatic heterocycles. The van der Waals surface area contributed by atoms with Crippen LogP contribution in [0.3, 0.4) is 0 Å². The lowest BCUT2D eigenvalue weighted by Crippen LogP contribution is -2.33. The molecular formula is C13H22O5. The summed E-state index contributed by atoms with van der Waals surface area (Å²) in [7, 11) is 0. The van der Waals surface area contributed by atoms with Gasteiger partial charge in [0, 0.05) is 18.1 Å². The van der Waals surface area contributed by atoms with E-state index in [1.54, 1.807) is 31.2 Å². The summed E-state index contributed by atoms with van der Waals surface area (Å²) in [5.74, 6) is -2.25. The van der Waals surface area contributed by atoms with Gasteiger partial charge >= 0.3 is 0 Å². The maximum atomic E-state index is 9.83. The molecule has 1 atom stereocenters. The molecule has 104 valence electrons. The van der Waals surface area contributed by atoms with Gasteiger partial charge in [0.1, 0.15) is 0 Å². The number of aliphatic hydroxyl groups is 5. The van der Waals surface area contributed by atoms with Gasteiger partial charge in [-0.15, -0.1) is 0 Å². The summed E-state index contributed by atoms with van der Waals surface area (Å²) in [6.07, 6.45) is 0.363. The normalized spacial score (nSPS) is 12.6. The van der Waals surface area contributed by atoms with E-state index in [9.17, 15) is 10.2 Å². The Morgan fingerprint density at radius 2 is 1.44 bits per heavy atom. The fourth-order valence-corrected chi connectivity index (χ4v) is 1.36. The Morgan fingerprint density at radius 1 is 0.944 bits per heavy atom. The molecule has 0 bridgehead atoms. The Kier molecular flexibility index (Phi) is 8.53. The number of aliphatic hydroxyl groups excluding tert-OH is 3. The lowest BCUT2D eigenvalue weighted by Gasteiger charge is -2.28. The standard InChI is InChI=1S/C11H16O3.C2H6O2/c1-9(7-8-12)11(13,14)10-5-3-2-4-6-10;3-1-2-4/h2-6,9,12-14H,7-8H2,1H3;3-4H,1-2H2. The Bertz CT molecular complexity index is 298. The Balaban J connectivity index is 0.000000631. The fourth-order valence-electron chi connectivity index (χ4n) is 1.36. The van der Waals surface area contributed by atoms with E-state index in [1.807, 2.05) is 6.07 Å². The fraction of sp³-hybridized carbons (Fsp3) is 0.538. The average Bonchev–Trinajstić information content (AvgIpc) is 2.40. The molecule has 0 aliphatic carbocycles.